The van der Waals surface area contributed by atoms with E-state index >= 15 is 0 Å². The van der Waals surface area contributed by atoms with Gasteiger partial charge in [-0.2, -0.15) is 18.3 Å². The summed E-state index contributed by atoms with van der Waals surface area (Å²) in [4.78, 5) is 12.6. The van der Waals surface area contributed by atoms with Gasteiger partial charge in [-0.25, -0.2) is 13.5 Å². The highest BCUT2D eigenvalue weighted by atomic mass is 79.9. The Labute approximate surface area is 191 Å². The van der Waals surface area contributed by atoms with Gasteiger partial charge in [0.05, 0.1) is 11.7 Å². The number of aromatic nitrogens is 2. The second-order valence-corrected chi connectivity index (χ2v) is 8.39. The lowest BCUT2D eigenvalue weighted by Gasteiger charge is -2.33. The fraction of sp³-hybridized carbons (Fsp3) is 0.200. The third-order valence-electron chi connectivity index (χ3n) is 4.94. The van der Waals surface area contributed by atoms with Gasteiger partial charge in [0, 0.05) is 28.0 Å². The molecule has 0 fully saturated rings. The number of nitrogens with one attached hydrogen (secondary N) is 2. The number of carbonyl (C=O) groups is 1. The zero-order chi connectivity index (χ0) is 23.2. The summed E-state index contributed by atoms with van der Waals surface area (Å²) in [6, 6.07) is 6.32. The number of halogens is 7. The quantitative estimate of drug-likeness (QED) is 0.377. The van der Waals surface area contributed by atoms with Gasteiger partial charge < -0.3 is 10.6 Å². The third-order valence-corrected chi connectivity index (χ3v) is 5.82. The van der Waals surface area contributed by atoms with Gasteiger partial charge in [-0.3, -0.25) is 4.79 Å². The van der Waals surface area contributed by atoms with E-state index in [4.69, 9.17) is 11.6 Å². The Bertz CT molecular complexity index is 1160. The average molecular weight is 536 g/mol. The first kappa shape index (κ1) is 22.5. The number of hydrogen-bond donors (Lipinski definition) is 2. The Morgan fingerprint density at radius 1 is 1.19 bits per heavy atom. The summed E-state index contributed by atoms with van der Waals surface area (Å²) < 4.78 is 69.2. The first-order chi connectivity index (χ1) is 15.0. The lowest BCUT2D eigenvalue weighted by Crippen LogP contribution is -2.35. The Hall–Kier alpha value is -2.66. The van der Waals surface area contributed by atoms with Crippen molar-refractivity contribution in [2.45, 2.75) is 24.7 Å². The van der Waals surface area contributed by atoms with E-state index < -0.39 is 35.8 Å². The van der Waals surface area contributed by atoms with Crippen LogP contribution in [0, 0.1) is 11.6 Å². The van der Waals surface area contributed by atoms with Gasteiger partial charge >= 0.3 is 6.18 Å². The number of nitrogens with zero attached hydrogens (tertiary/aromatic N) is 2. The molecule has 4 rings (SSSR count). The van der Waals surface area contributed by atoms with E-state index in [2.05, 4.69) is 31.7 Å². The molecule has 0 saturated heterocycles. The van der Waals surface area contributed by atoms with E-state index in [1.165, 1.54) is 0 Å². The number of carbonyl (C=O) groups excluding carboxylic acids is 1. The van der Waals surface area contributed by atoms with Crippen molar-refractivity contribution in [1.29, 1.82) is 0 Å². The number of rotatable bonds is 3. The number of alkyl halides is 3. The van der Waals surface area contributed by atoms with Gasteiger partial charge in [0.1, 0.15) is 11.6 Å². The molecule has 0 spiro atoms. The molecule has 32 heavy (non-hydrogen) atoms. The summed E-state index contributed by atoms with van der Waals surface area (Å²) in [6.45, 7) is 0. The molecule has 168 valence electrons. The molecule has 2 heterocycles. The SMILES string of the molecule is O=C(Nc1c(F)cc(F)cc1Br)c1cc2n(n1)[C@H](C(F)(F)F)C[C@@H](c1ccc(Cl)cc1)N2. The summed E-state index contributed by atoms with van der Waals surface area (Å²) in [5.41, 5.74) is -0.143. The fourth-order valence-electron chi connectivity index (χ4n) is 3.44. The monoisotopic (exact) mass is 534 g/mol. The summed E-state index contributed by atoms with van der Waals surface area (Å²) in [7, 11) is 0. The number of fused-ring (bicyclic) bond motifs is 1. The van der Waals surface area contributed by atoms with Crippen LogP contribution in [-0.4, -0.2) is 21.9 Å². The summed E-state index contributed by atoms with van der Waals surface area (Å²) in [6.07, 6.45) is -4.99. The van der Waals surface area contributed by atoms with E-state index in [1.807, 2.05) is 0 Å². The van der Waals surface area contributed by atoms with E-state index in [0.29, 0.717) is 21.3 Å². The molecule has 1 amide bonds. The largest absolute Gasteiger partial charge is 0.410 e. The van der Waals surface area contributed by atoms with Crippen molar-refractivity contribution in [3.05, 3.63) is 74.9 Å². The molecule has 0 bridgehead atoms. The van der Waals surface area contributed by atoms with Crippen LogP contribution in [0.15, 0.2) is 46.9 Å². The molecule has 2 aromatic carbocycles. The van der Waals surface area contributed by atoms with Gasteiger partial charge in [0.15, 0.2) is 17.6 Å². The predicted molar refractivity (Wildman–Crippen MR) is 112 cm³/mol. The molecule has 0 unspecified atom stereocenters. The highest BCUT2D eigenvalue weighted by Crippen LogP contribution is 2.43. The molecule has 2 atom stereocenters. The van der Waals surface area contributed by atoms with Crippen LogP contribution < -0.4 is 10.6 Å². The van der Waals surface area contributed by atoms with Gasteiger partial charge in [0.2, 0.25) is 0 Å². The number of benzene rings is 2. The van der Waals surface area contributed by atoms with Crippen molar-refractivity contribution < 1.29 is 26.7 Å². The van der Waals surface area contributed by atoms with Crippen molar-refractivity contribution in [3.8, 4) is 0 Å². The van der Waals surface area contributed by atoms with Crippen molar-refractivity contribution >= 4 is 44.9 Å². The Morgan fingerprint density at radius 3 is 2.50 bits per heavy atom. The molecule has 0 aliphatic carbocycles. The molecular weight excluding hydrogens is 523 g/mol. The zero-order valence-electron chi connectivity index (χ0n) is 15.9. The van der Waals surface area contributed by atoms with Crippen LogP contribution in [0.2, 0.25) is 5.02 Å². The molecule has 0 radical (unpaired) electrons. The Morgan fingerprint density at radius 2 is 1.88 bits per heavy atom. The molecule has 0 saturated carbocycles. The van der Waals surface area contributed by atoms with E-state index in [1.54, 1.807) is 24.3 Å². The smallest absolute Gasteiger partial charge is 0.363 e. The first-order valence-corrected chi connectivity index (χ1v) is 10.3. The van der Waals surface area contributed by atoms with Gasteiger partial charge in [0.25, 0.3) is 5.91 Å². The topological polar surface area (TPSA) is 59.0 Å². The maximum Gasteiger partial charge on any atom is 0.410 e. The van der Waals surface area contributed by atoms with Crippen molar-refractivity contribution in [2.24, 2.45) is 0 Å². The van der Waals surface area contributed by atoms with E-state index in [0.717, 1.165) is 12.1 Å². The fourth-order valence-corrected chi connectivity index (χ4v) is 4.07. The summed E-state index contributed by atoms with van der Waals surface area (Å²) in [5.74, 6) is -2.90. The Kier molecular flexibility index (Phi) is 5.89. The van der Waals surface area contributed by atoms with Crippen LogP contribution in [-0.2, 0) is 0 Å². The molecule has 1 aliphatic rings. The lowest BCUT2D eigenvalue weighted by atomic mass is 9.97. The van der Waals surface area contributed by atoms with Crippen LogP contribution in [0.5, 0.6) is 0 Å². The predicted octanol–water partition coefficient (Wildman–Crippen LogP) is 6.49. The van der Waals surface area contributed by atoms with Crippen LogP contribution in [0.4, 0.5) is 33.5 Å². The minimum absolute atomic E-state index is 0.0256. The van der Waals surface area contributed by atoms with E-state index in [9.17, 15) is 26.7 Å². The molecule has 3 aromatic rings. The van der Waals surface area contributed by atoms with Crippen LogP contribution >= 0.6 is 27.5 Å². The van der Waals surface area contributed by atoms with Crippen molar-refractivity contribution in [3.63, 3.8) is 0 Å². The maximum absolute atomic E-state index is 14.0. The summed E-state index contributed by atoms with van der Waals surface area (Å²) in [5, 5.41) is 9.40. The molecule has 12 heteroatoms. The lowest BCUT2D eigenvalue weighted by molar-refractivity contribution is -0.173. The van der Waals surface area contributed by atoms with E-state index in [-0.39, 0.29) is 28.1 Å². The number of amides is 1. The van der Waals surface area contributed by atoms with Gasteiger partial charge in [-0.1, -0.05) is 23.7 Å². The average Bonchev–Trinajstić information content (AvgIpc) is 3.13. The highest BCUT2D eigenvalue weighted by molar-refractivity contribution is 9.10. The minimum atomic E-state index is -4.63. The maximum atomic E-state index is 14.0. The highest BCUT2D eigenvalue weighted by Gasteiger charge is 2.46. The normalized spacial score (nSPS) is 18.1. The third kappa shape index (κ3) is 4.44. The molecular formula is C20H13BrClF5N4O. The zero-order valence-corrected chi connectivity index (χ0v) is 18.2. The minimum Gasteiger partial charge on any atom is -0.363 e. The standard InChI is InChI=1S/C20H13BrClF5N4O/c21-12-5-11(23)6-13(24)18(12)29-19(32)15-8-17-28-14(9-1-3-10(22)4-2-9)7-16(20(25,26)27)31(17)30-15/h1-6,8,14,16,28H,7H2,(H,29,32)/t14-,16-/m0/s1. The summed E-state index contributed by atoms with van der Waals surface area (Å²) >= 11 is 8.80. The molecule has 5 nitrogen and oxygen atoms in total. The molecule has 2 N–H and O–H groups in total. The first-order valence-electron chi connectivity index (χ1n) is 9.17. The van der Waals surface area contributed by atoms with Crippen molar-refractivity contribution in [1.82, 2.24) is 9.78 Å². The Balaban J connectivity index is 1.66. The molecule has 1 aliphatic heterocycles. The van der Waals surface area contributed by atoms with Gasteiger partial charge in [-0.15, -0.1) is 0 Å². The number of anilines is 2. The van der Waals surface area contributed by atoms with Crippen molar-refractivity contribution in [2.75, 3.05) is 10.6 Å². The second kappa shape index (κ2) is 8.36. The second-order valence-electron chi connectivity index (χ2n) is 7.10. The van der Waals surface area contributed by atoms with Crippen LogP contribution in [0.3, 0.4) is 0 Å². The van der Waals surface area contributed by atoms with Crippen LogP contribution in [0.25, 0.3) is 0 Å². The number of hydrogen-bond acceptors (Lipinski definition) is 3. The van der Waals surface area contributed by atoms with Gasteiger partial charge in [-0.05, 0) is 39.7 Å². The van der Waals surface area contributed by atoms with Crippen LogP contribution in [0.1, 0.15) is 34.6 Å². The molecule has 1 aromatic heterocycles.